The predicted octanol–water partition coefficient (Wildman–Crippen LogP) is 2.18. The first-order chi connectivity index (χ1) is 11.3. The van der Waals surface area contributed by atoms with Crippen LogP contribution in [0.3, 0.4) is 0 Å². The van der Waals surface area contributed by atoms with Gasteiger partial charge in [0, 0.05) is 12.1 Å². The number of amides is 3. The molecule has 3 amide bonds. The second-order valence-electron chi connectivity index (χ2n) is 7.39. The van der Waals surface area contributed by atoms with Gasteiger partial charge in [0.05, 0.1) is 12.4 Å². The molecule has 2 aliphatic rings. The minimum atomic E-state index is -0.673. The number of hydrogen-bond acceptors (Lipinski definition) is 5. The van der Waals surface area contributed by atoms with Crippen LogP contribution in [0.25, 0.3) is 0 Å². The lowest BCUT2D eigenvalue weighted by molar-refractivity contribution is -0.134. The predicted molar refractivity (Wildman–Crippen MR) is 88.1 cm³/mol. The van der Waals surface area contributed by atoms with Crippen molar-refractivity contribution >= 4 is 11.9 Å². The maximum absolute atomic E-state index is 12.9. The molecule has 2 heterocycles. The van der Waals surface area contributed by atoms with Crippen molar-refractivity contribution in [2.24, 2.45) is 5.92 Å². The van der Waals surface area contributed by atoms with Crippen molar-refractivity contribution in [2.75, 3.05) is 13.7 Å². The van der Waals surface area contributed by atoms with Crippen molar-refractivity contribution in [1.82, 2.24) is 20.3 Å². The van der Waals surface area contributed by atoms with Gasteiger partial charge in [-0.2, -0.15) is 0 Å². The third-order valence-corrected chi connectivity index (χ3v) is 5.37. The summed E-state index contributed by atoms with van der Waals surface area (Å²) in [5.41, 5.74) is 1.17. The van der Waals surface area contributed by atoms with Crippen LogP contribution >= 0.6 is 0 Å². The van der Waals surface area contributed by atoms with Crippen LogP contribution in [-0.4, -0.2) is 46.2 Å². The Bertz CT molecular complexity index is 627. The molecular formula is C17H26N4O3. The van der Waals surface area contributed by atoms with Gasteiger partial charge in [-0.15, -0.1) is 0 Å². The highest BCUT2D eigenvalue weighted by atomic mass is 16.5. The van der Waals surface area contributed by atoms with Gasteiger partial charge in [0.1, 0.15) is 11.3 Å². The van der Waals surface area contributed by atoms with E-state index in [1.165, 1.54) is 4.90 Å². The first-order valence-electron chi connectivity index (χ1n) is 8.57. The quantitative estimate of drug-likeness (QED) is 0.854. The summed E-state index contributed by atoms with van der Waals surface area (Å²) >= 11 is 0. The van der Waals surface area contributed by atoms with Gasteiger partial charge in [-0.05, 0) is 52.5 Å². The number of nitrogens with one attached hydrogen (secondary N) is 1. The number of rotatable bonds is 4. The van der Waals surface area contributed by atoms with Crippen molar-refractivity contribution < 1.29 is 14.1 Å². The Labute approximate surface area is 142 Å². The first-order valence-corrected chi connectivity index (χ1v) is 8.57. The third kappa shape index (κ3) is 2.92. The maximum atomic E-state index is 12.9. The van der Waals surface area contributed by atoms with Crippen LogP contribution < -0.4 is 5.32 Å². The summed E-state index contributed by atoms with van der Waals surface area (Å²) in [6.07, 6.45) is 3.44. The van der Waals surface area contributed by atoms with E-state index in [0.29, 0.717) is 12.5 Å². The molecule has 0 aromatic carbocycles. The molecular weight excluding hydrogens is 308 g/mol. The fourth-order valence-electron chi connectivity index (χ4n) is 3.69. The van der Waals surface area contributed by atoms with Crippen LogP contribution in [0.2, 0.25) is 0 Å². The molecule has 2 fully saturated rings. The third-order valence-electron chi connectivity index (χ3n) is 5.37. The monoisotopic (exact) mass is 334 g/mol. The number of carbonyl (C=O) groups excluding carboxylic acids is 2. The summed E-state index contributed by atoms with van der Waals surface area (Å²) < 4.78 is 5.17. The number of aryl methyl sites for hydroxylation is 2. The van der Waals surface area contributed by atoms with Crippen molar-refractivity contribution in [1.29, 1.82) is 0 Å². The van der Waals surface area contributed by atoms with Gasteiger partial charge >= 0.3 is 6.03 Å². The molecule has 0 unspecified atom stereocenters. The number of imide groups is 1. The van der Waals surface area contributed by atoms with Gasteiger partial charge in [-0.25, -0.2) is 9.69 Å². The average Bonchev–Trinajstić information content (AvgIpc) is 2.96. The van der Waals surface area contributed by atoms with Gasteiger partial charge in [-0.3, -0.25) is 9.69 Å². The number of carbonyl (C=O) groups is 2. The average molecular weight is 334 g/mol. The van der Waals surface area contributed by atoms with E-state index in [4.69, 9.17) is 4.52 Å². The molecule has 7 heteroatoms. The summed E-state index contributed by atoms with van der Waals surface area (Å²) in [6, 6.07) is -0.278. The number of urea groups is 1. The maximum Gasteiger partial charge on any atom is 0.326 e. The van der Waals surface area contributed by atoms with Crippen molar-refractivity contribution in [2.45, 2.75) is 58.5 Å². The highest BCUT2D eigenvalue weighted by molar-refractivity contribution is 6.07. The summed E-state index contributed by atoms with van der Waals surface area (Å²) in [5.74, 6) is 1.32. The molecule has 1 aromatic rings. The summed E-state index contributed by atoms with van der Waals surface area (Å²) in [4.78, 5) is 28.5. The zero-order chi connectivity index (χ0) is 17.5. The summed E-state index contributed by atoms with van der Waals surface area (Å²) in [6.45, 7) is 6.82. The molecule has 0 atom stereocenters. The summed E-state index contributed by atoms with van der Waals surface area (Å²) in [7, 11) is 1.89. The van der Waals surface area contributed by atoms with E-state index in [2.05, 4.69) is 17.4 Å². The Balaban J connectivity index is 1.67. The van der Waals surface area contributed by atoms with Gasteiger partial charge in [0.15, 0.2) is 0 Å². The van der Waals surface area contributed by atoms with Crippen LogP contribution in [0.5, 0.6) is 0 Å². The van der Waals surface area contributed by atoms with Crippen LogP contribution in [0.4, 0.5) is 4.79 Å². The second kappa shape index (κ2) is 6.20. The second-order valence-corrected chi connectivity index (χ2v) is 7.39. The molecule has 1 aliphatic carbocycles. The van der Waals surface area contributed by atoms with Crippen LogP contribution in [0, 0.1) is 19.8 Å². The van der Waals surface area contributed by atoms with Gasteiger partial charge in [0.25, 0.3) is 5.91 Å². The van der Waals surface area contributed by atoms with Gasteiger partial charge in [-0.1, -0.05) is 12.1 Å². The van der Waals surface area contributed by atoms with E-state index in [1.54, 1.807) is 0 Å². The fraction of sp³-hybridized carbons (Fsp3) is 0.706. The topological polar surface area (TPSA) is 78.7 Å². The van der Waals surface area contributed by atoms with Crippen molar-refractivity contribution in [3.05, 3.63) is 17.0 Å². The summed E-state index contributed by atoms with van der Waals surface area (Å²) in [5, 5.41) is 6.90. The lowest BCUT2D eigenvalue weighted by Gasteiger charge is -2.33. The standard InChI is InChI=1S/C17H26N4O3/c1-11-5-7-17(8-6-11)15(22)21(16(23)18-17)10-20(4)9-14-12(2)19-24-13(14)3/h11H,5-10H2,1-4H3,(H,18,23). The van der Waals surface area contributed by atoms with E-state index in [9.17, 15) is 9.59 Å². The molecule has 3 rings (SSSR count). The van der Waals surface area contributed by atoms with Crippen LogP contribution in [0.1, 0.15) is 49.6 Å². The number of aromatic nitrogens is 1. The smallest absolute Gasteiger partial charge is 0.326 e. The lowest BCUT2D eigenvalue weighted by atomic mass is 9.77. The van der Waals surface area contributed by atoms with E-state index in [-0.39, 0.29) is 18.6 Å². The molecule has 24 heavy (non-hydrogen) atoms. The molecule has 1 saturated heterocycles. The molecule has 0 bridgehead atoms. The highest BCUT2D eigenvalue weighted by Crippen LogP contribution is 2.36. The molecule has 1 aliphatic heterocycles. The van der Waals surface area contributed by atoms with E-state index in [0.717, 1.165) is 42.7 Å². The van der Waals surface area contributed by atoms with Gasteiger partial charge < -0.3 is 9.84 Å². The largest absolute Gasteiger partial charge is 0.361 e. The van der Waals surface area contributed by atoms with Gasteiger partial charge in [0.2, 0.25) is 0 Å². The Morgan fingerprint density at radius 3 is 2.58 bits per heavy atom. The zero-order valence-electron chi connectivity index (χ0n) is 14.9. The van der Waals surface area contributed by atoms with Crippen LogP contribution in [-0.2, 0) is 11.3 Å². The molecule has 1 spiro atoms. The minimum Gasteiger partial charge on any atom is -0.361 e. The molecule has 1 N–H and O–H groups in total. The SMILES string of the molecule is Cc1noc(C)c1CN(C)CN1C(=O)NC2(CCC(C)CC2)C1=O. The van der Waals surface area contributed by atoms with E-state index < -0.39 is 5.54 Å². The normalized spacial score (nSPS) is 27.4. The van der Waals surface area contributed by atoms with Crippen LogP contribution in [0.15, 0.2) is 4.52 Å². The van der Waals surface area contributed by atoms with Crippen molar-refractivity contribution in [3.8, 4) is 0 Å². The molecule has 132 valence electrons. The number of nitrogens with zero attached hydrogens (tertiary/aromatic N) is 3. The Morgan fingerprint density at radius 2 is 2.00 bits per heavy atom. The molecule has 7 nitrogen and oxygen atoms in total. The number of hydrogen-bond donors (Lipinski definition) is 1. The minimum absolute atomic E-state index is 0.0787. The van der Waals surface area contributed by atoms with E-state index >= 15 is 0 Å². The molecule has 0 radical (unpaired) electrons. The zero-order valence-corrected chi connectivity index (χ0v) is 14.9. The molecule has 1 aromatic heterocycles. The molecule has 1 saturated carbocycles. The van der Waals surface area contributed by atoms with E-state index in [1.807, 2.05) is 25.8 Å². The fourth-order valence-corrected chi connectivity index (χ4v) is 3.69. The lowest BCUT2D eigenvalue weighted by Crippen LogP contribution is -2.49. The Kier molecular flexibility index (Phi) is 4.38. The highest BCUT2D eigenvalue weighted by Gasteiger charge is 2.52. The Hall–Kier alpha value is -1.89. The van der Waals surface area contributed by atoms with Crippen molar-refractivity contribution in [3.63, 3.8) is 0 Å². The first kappa shape index (κ1) is 17.0. The Morgan fingerprint density at radius 1 is 1.33 bits per heavy atom.